The monoisotopic (exact) mass is 1250 g/mol. The van der Waals surface area contributed by atoms with Crippen molar-refractivity contribution in [3.8, 4) is 16.8 Å². The highest BCUT2D eigenvalue weighted by molar-refractivity contribution is 7.00. The molecule has 0 N–H and O–H groups in total. The van der Waals surface area contributed by atoms with Crippen molar-refractivity contribution in [2.75, 3.05) is 19.6 Å². The maximum atomic E-state index is 6.54. The smallest absolute Gasteiger partial charge is 0.252 e. The third-order valence-electron chi connectivity index (χ3n) is 20.2. The number of rotatable bonds is 10. The molecule has 0 atom stereocenters. The van der Waals surface area contributed by atoms with Crippen molar-refractivity contribution >= 4 is 146 Å². The summed E-state index contributed by atoms with van der Waals surface area (Å²) in [4.78, 5) is 10.1. The van der Waals surface area contributed by atoms with Crippen LogP contribution in [0.3, 0.4) is 0 Å². The highest BCUT2D eigenvalue weighted by atomic mass is 16.3. The van der Waals surface area contributed by atoms with Crippen molar-refractivity contribution in [3.05, 3.63) is 327 Å². The van der Waals surface area contributed by atoms with Gasteiger partial charge in [-0.25, -0.2) is 0 Å². The highest BCUT2D eigenvalue weighted by Crippen LogP contribution is 2.53. The molecule has 0 saturated carbocycles. The molecule has 0 spiro atoms. The Morgan fingerprint density at radius 1 is 0.320 bits per heavy atom. The molecule has 0 amide bonds. The van der Waals surface area contributed by atoms with E-state index in [-0.39, 0.29) is 17.5 Å². The summed E-state index contributed by atoms with van der Waals surface area (Å²) in [7, 11) is 0. The van der Waals surface area contributed by atoms with E-state index in [1.165, 1.54) is 54.7 Å². The summed E-state index contributed by atoms with van der Waals surface area (Å²) in [6, 6.07) is 117. The normalized spacial score (nSPS) is 12.8. The van der Waals surface area contributed by atoms with E-state index in [4.69, 9.17) is 4.42 Å². The lowest BCUT2D eigenvalue weighted by Gasteiger charge is -2.45. The number of benzene rings is 14. The van der Waals surface area contributed by atoms with Crippen molar-refractivity contribution in [1.29, 1.82) is 0 Å². The van der Waals surface area contributed by atoms with Crippen molar-refractivity contribution < 1.29 is 4.42 Å². The Labute approximate surface area is 566 Å². The van der Waals surface area contributed by atoms with E-state index in [9.17, 15) is 0 Å². The Hall–Kier alpha value is -11.8. The van der Waals surface area contributed by atoms with Crippen molar-refractivity contribution in [3.63, 3.8) is 0 Å². The van der Waals surface area contributed by atoms with E-state index in [2.05, 4.69) is 375 Å². The van der Waals surface area contributed by atoms with Crippen molar-refractivity contribution in [1.82, 2.24) is 4.57 Å². The van der Waals surface area contributed by atoms with Gasteiger partial charge in [-0.1, -0.05) is 224 Å². The SMILES string of the molecule is CC(C)(C)c1ccc(N2c3cc(N(c4cccc(-c5ccccc5)c4)c4ccc5oc6ccccc6c5c4)ccc3B3c4ccc5c(c4N(c4ccc(C(C)(C)C)cc4)c4cc(N(c6ccccc6)c6ccc7ccccc7c6)cc2c43)c2ccccc2n5-c2ccccc2)cc1. The molecule has 2 aliphatic rings. The van der Waals surface area contributed by atoms with Gasteiger partial charge in [0.15, 0.2) is 0 Å². The Balaban J connectivity index is 0.974. The molecule has 464 valence electrons. The zero-order chi connectivity index (χ0) is 65.3. The van der Waals surface area contributed by atoms with Crippen LogP contribution in [0.5, 0.6) is 0 Å². The molecule has 2 aromatic heterocycles. The molecule has 0 unspecified atom stereocenters. The van der Waals surface area contributed by atoms with Gasteiger partial charge in [0.2, 0.25) is 0 Å². The molecular weight excluding hydrogens is 1180 g/mol. The number of aromatic nitrogens is 1. The maximum Gasteiger partial charge on any atom is 0.252 e. The molecule has 0 fully saturated rings. The van der Waals surface area contributed by atoms with Crippen LogP contribution in [-0.2, 0) is 10.8 Å². The first-order valence-electron chi connectivity index (χ1n) is 33.8. The second-order valence-electron chi connectivity index (χ2n) is 28.2. The van der Waals surface area contributed by atoms with Gasteiger partial charge in [-0.3, -0.25) is 0 Å². The minimum Gasteiger partial charge on any atom is -0.456 e. The zero-order valence-electron chi connectivity index (χ0n) is 55.2. The number of fused-ring (bicyclic) bond motifs is 12. The van der Waals surface area contributed by atoms with Gasteiger partial charge in [0.05, 0.1) is 22.4 Å². The number of anilines is 12. The fraction of sp³-hybridized carbons (Fsp3) is 0.0889. The second-order valence-corrected chi connectivity index (χ2v) is 28.2. The lowest BCUT2D eigenvalue weighted by Crippen LogP contribution is -2.61. The van der Waals surface area contributed by atoms with Gasteiger partial charge in [-0.2, -0.15) is 0 Å². The minimum atomic E-state index is -0.231. The first-order chi connectivity index (χ1) is 47.4. The summed E-state index contributed by atoms with van der Waals surface area (Å²) in [5.74, 6) is 0. The molecule has 0 radical (unpaired) electrons. The average molecular weight is 1250 g/mol. The summed E-state index contributed by atoms with van der Waals surface area (Å²) in [6.07, 6.45) is 0. The number of hydrogen-bond donors (Lipinski definition) is 0. The van der Waals surface area contributed by atoms with Gasteiger partial charge in [0.1, 0.15) is 11.2 Å². The van der Waals surface area contributed by atoms with Crippen LogP contribution in [-0.4, -0.2) is 11.3 Å². The standard InChI is InChI=1S/C90H70BN5O/c1-89(2,3)63-38-43-67(44-39-63)95-81-56-72(93(69-32-22-27-62(53-69)59-23-10-7-11-24-59)71-48-52-85-76(55-71)74-33-19-21-36-84(74)97-85)47-49-77(81)91-78-50-51-80-86(75-34-18-20-35-79(75)94(80)66-30-14-9-15-31-66)88(78)96(68-45-40-64(41-46-68)90(4,5)6)83-58-73(57-82(95)87(83)91)92(65-28-12-8-13-29-65)70-42-37-60-25-16-17-26-61(60)54-70/h7-58H,1-6H3. The van der Waals surface area contributed by atoms with E-state index in [0.29, 0.717) is 0 Å². The van der Waals surface area contributed by atoms with Gasteiger partial charge >= 0.3 is 0 Å². The van der Waals surface area contributed by atoms with Gasteiger partial charge in [0.25, 0.3) is 6.71 Å². The van der Waals surface area contributed by atoms with E-state index in [0.717, 1.165) is 112 Å². The third kappa shape index (κ3) is 9.62. The first-order valence-corrected chi connectivity index (χ1v) is 33.8. The molecule has 14 aromatic carbocycles. The van der Waals surface area contributed by atoms with Gasteiger partial charge < -0.3 is 28.6 Å². The first kappa shape index (κ1) is 57.8. The van der Waals surface area contributed by atoms with Gasteiger partial charge in [0, 0.05) is 84.1 Å². The van der Waals surface area contributed by atoms with Gasteiger partial charge in [-0.05, 0) is 194 Å². The Morgan fingerprint density at radius 2 is 0.845 bits per heavy atom. The Bertz CT molecular complexity index is 5750. The molecule has 0 aliphatic carbocycles. The summed E-state index contributed by atoms with van der Waals surface area (Å²) >= 11 is 0. The average Bonchev–Trinajstić information content (AvgIpc) is 1.63. The van der Waals surface area contributed by atoms with E-state index >= 15 is 0 Å². The molecular formula is C90H70BN5O. The van der Waals surface area contributed by atoms with Crippen LogP contribution in [0.1, 0.15) is 52.7 Å². The van der Waals surface area contributed by atoms with Crippen LogP contribution in [0.2, 0.25) is 0 Å². The van der Waals surface area contributed by atoms with Crippen LogP contribution >= 0.6 is 0 Å². The van der Waals surface area contributed by atoms with Crippen molar-refractivity contribution in [2.24, 2.45) is 0 Å². The molecule has 4 heterocycles. The molecule has 16 aromatic rings. The Morgan fingerprint density at radius 3 is 1.58 bits per heavy atom. The van der Waals surface area contributed by atoms with Crippen LogP contribution in [0.25, 0.3) is 71.3 Å². The van der Waals surface area contributed by atoms with Crippen LogP contribution in [0, 0.1) is 0 Å². The third-order valence-corrected chi connectivity index (χ3v) is 20.2. The molecule has 97 heavy (non-hydrogen) atoms. The number of nitrogens with zero attached hydrogens (tertiary/aromatic N) is 5. The fourth-order valence-electron chi connectivity index (χ4n) is 15.5. The van der Waals surface area contributed by atoms with E-state index in [1.807, 2.05) is 6.07 Å². The van der Waals surface area contributed by atoms with Gasteiger partial charge in [-0.15, -0.1) is 0 Å². The summed E-state index contributed by atoms with van der Waals surface area (Å²) in [5.41, 5.74) is 26.4. The zero-order valence-corrected chi connectivity index (χ0v) is 55.2. The predicted molar refractivity (Wildman–Crippen MR) is 412 cm³/mol. The number of hydrogen-bond acceptors (Lipinski definition) is 5. The minimum absolute atomic E-state index is 0.0683. The lowest BCUT2D eigenvalue weighted by atomic mass is 9.33. The maximum absolute atomic E-state index is 6.54. The van der Waals surface area contributed by atoms with Crippen LogP contribution in [0.4, 0.5) is 68.2 Å². The largest absolute Gasteiger partial charge is 0.456 e. The quantitative estimate of drug-likeness (QED) is 0.127. The van der Waals surface area contributed by atoms with E-state index < -0.39 is 0 Å². The summed E-state index contributed by atoms with van der Waals surface area (Å²) in [6.45, 7) is 13.6. The molecule has 0 bridgehead atoms. The lowest BCUT2D eigenvalue weighted by molar-refractivity contribution is 0.590. The topological polar surface area (TPSA) is 31.0 Å². The Kier molecular flexibility index (Phi) is 13.4. The second kappa shape index (κ2) is 22.4. The van der Waals surface area contributed by atoms with Crippen LogP contribution < -0.4 is 36.0 Å². The molecule has 6 nitrogen and oxygen atoms in total. The molecule has 2 aliphatic heterocycles. The summed E-state index contributed by atoms with van der Waals surface area (Å²) in [5, 5.41) is 6.91. The van der Waals surface area contributed by atoms with Crippen LogP contribution in [0.15, 0.2) is 320 Å². The highest BCUT2D eigenvalue weighted by Gasteiger charge is 2.46. The van der Waals surface area contributed by atoms with E-state index in [1.54, 1.807) is 0 Å². The molecule has 0 saturated heterocycles. The fourth-order valence-corrected chi connectivity index (χ4v) is 15.5. The number of para-hydroxylation sites is 4. The van der Waals surface area contributed by atoms with Crippen molar-refractivity contribution in [2.45, 2.75) is 52.4 Å². The molecule has 7 heteroatoms. The predicted octanol–water partition coefficient (Wildman–Crippen LogP) is 23.1. The molecule has 18 rings (SSSR count). The summed E-state index contributed by atoms with van der Waals surface area (Å²) < 4.78 is 9.01. The number of furan rings is 1.